The van der Waals surface area contributed by atoms with Gasteiger partial charge < -0.3 is 15.7 Å². The van der Waals surface area contributed by atoms with Crippen LogP contribution in [0.15, 0.2) is 0 Å². The SMILES string of the molecule is O=C(O)NCCC1C2CNCC12. The van der Waals surface area contributed by atoms with Crippen molar-refractivity contribution in [3.05, 3.63) is 0 Å². The maximum atomic E-state index is 10.1. The number of hydrogen-bond acceptors (Lipinski definition) is 2. The summed E-state index contributed by atoms with van der Waals surface area (Å²) in [6.07, 6.45) is 0.113. The Morgan fingerprint density at radius 2 is 2.17 bits per heavy atom. The van der Waals surface area contributed by atoms with E-state index in [1.54, 1.807) is 0 Å². The summed E-state index contributed by atoms with van der Waals surface area (Å²) < 4.78 is 0. The quantitative estimate of drug-likeness (QED) is 0.563. The molecule has 0 spiro atoms. The van der Waals surface area contributed by atoms with Crippen LogP contribution in [0.4, 0.5) is 4.79 Å². The zero-order chi connectivity index (χ0) is 8.55. The van der Waals surface area contributed by atoms with Crippen LogP contribution in [0.2, 0.25) is 0 Å². The van der Waals surface area contributed by atoms with Gasteiger partial charge in [-0.2, -0.15) is 0 Å². The average molecular weight is 170 g/mol. The molecule has 12 heavy (non-hydrogen) atoms. The van der Waals surface area contributed by atoms with E-state index in [1.165, 1.54) is 0 Å². The Morgan fingerprint density at radius 3 is 2.75 bits per heavy atom. The Bertz CT molecular complexity index is 185. The Morgan fingerprint density at radius 1 is 1.50 bits per heavy atom. The first-order valence-electron chi connectivity index (χ1n) is 4.46. The van der Waals surface area contributed by atoms with E-state index in [4.69, 9.17) is 5.11 Å². The lowest BCUT2D eigenvalue weighted by atomic mass is 10.2. The molecule has 1 heterocycles. The van der Waals surface area contributed by atoms with Crippen LogP contribution >= 0.6 is 0 Å². The first-order chi connectivity index (χ1) is 5.79. The minimum Gasteiger partial charge on any atom is -0.465 e. The summed E-state index contributed by atoms with van der Waals surface area (Å²) in [6, 6.07) is 0. The molecule has 2 atom stereocenters. The van der Waals surface area contributed by atoms with Crippen LogP contribution in [0.5, 0.6) is 0 Å². The van der Waals surface area contributed by atoms with Crippen molar-refractivity contribution in [3.63, 3.8) is 0 Å². The molecule has 1 saturated carbocycles. The Hall–Kier alpha value is -0.770. The predicted octanol–water partition coefficient (Wildman–Crippen LogP) is 0.109. The van der Waals surface area contributed by atoms with E-state index in [0.717, 1.165) is 37.3 Å². The molecule has 0 bridgehead atoms. The van der Waals surface area contributed by atoms with E-state index in [1.807, 2.05) is 0 Å². The van der Waals surface area contributed by atoms with Crippen LogP contribution in [0.3, 0.4) is 0 Å². The number of amides is 1. The molecule has 1 saturated heterocycles. The summed E-state index contributed by atoms with van der Waals surface area (Å²) in [5.74, 6) is 2.49. The molecular weight excluding hydrogens is 156 g/mol. The van der Waals surface area contributed by atoms with E-state index < -0.39 is 6.09 Å². The zero-order valence-corrected chi connectivity index (χ0v) is 6.92. The highest BCUT2D eigenvalue weighted by atomic mass is 16.4. The van der Waals surface area contributed by atoms with Crippen LogP contribution in [0, 0.1) is 17.8 Å². The molecule has 4 nitrogen and oxygen atoms in total. The molecule has 0 radical (unpaired) electrons. The molecule has 68 valence electrons. The topological polar surface area (TPSA) is 61.4 Å². The number of carbonyl (C=O) groups is 1. The molecule has 0 aromatic rings. The van der Waals surface area contributed by atoms with E-state index in [2.05, 4.69) is 10.6 Å². The van der Waals surface area contributed by atoms with Crippen LogP contribution in [0.1, 0.15) is 6.42 Å². The predicted molar refractivity (Wildman–Crippen MR) is 44.0 cm³/mol. The summed E-state index contributed by atoms with van der Waals surface area (Å²) in [5.41, 5.74) is 0. The second kappa shape index (κ2) is 2.94. The van der Waals surface area contributed by atoms with Crippen molar-refractivity contribution in [1.29, 1.82) is 0 Å². The molecule has 1 aliphatic heterocycles. The van der Waals surface area contributed by atoms with Gasteiger partial charge in [-0.25, -0.2) is 4.79 Å². The first kappa shape index (κ1) is 7.86. The summed E-state index contributed by atoms with van der Waals surface area (Å²) in [7, 11) is 0. The van der Waals surface area contributed by atoms with Gasteiger partial charge in [0, 0.05) is 6.54 Å². The first-order valence-corrected chi connectivity index (χ1v) is 4.46. The lowest BCUT2D eigenvalue weighted by molar-refractivity contribution is 0.194. The smallest absolute Gasteiger partial charge is 0.404 e. The summed E-state index contributed by atoms with van der Waals surface area (Å²) in [5, 5.41) is 14.0. The van der Waals surface area contributed by atoms with Crippen LogP contribution < -0.4 is 10.6 Å². The Labute approximate surface area is 71.3 Å². The highest BCUT2D eigenvalue weighted by Gasteiger charge is 2.51. The third-order valence-electron chi connectivity index (χ3n) is 3.02. The largest absolute Gasteiger partial charge is 0.465 e. The molecular formula is C8H14N2O2. The third-order valence-corrected chi connectivity index (χ3v) is 3.02. The maximum absolute atomic E-state index is 10.1. The minimum atomic E-state index is -0.904. The van der Waals surface area contributed by atoms with Crippen LogP contribution in [0.25, 0.3) is 0 Å². The van der Waals surface area contributed by atoms with Gasteiger partial charge in [0.1, 0.15) is 0 Å². The third kappa shape index (κ3) is 1.39. The maximum Gasteiger partial charge on any atom is 0.404 e. The van der Waals surface area contributed by atoms with E-state index >= 15 is 0 Å². The molecule has 2 unspecified atom stereocenters. The number of rotatable bonds is 3. The molecule has 2 rings (SSSR count). The van der Waals surface area contributed by atoms with Crippen molar-refractivity contribution in [2.24, 2.45) is 17.8 Å². The molecule has 0 aromatic carbocycles. The fourth-order valence-electron chi connectivity index (χ4n) is 2.32. The molecule has 1 amide bonds. The van der Waals surface area contributed by atoms with Gasteiger partial charge in [0.15, 0.2) is 0 Å². The lowest BCUT2D eigenvalue weighted by Gasteiger charge is -2.03. The van der Waals surface area contributed by atoms with Crippen molar-refractivity contribution < 1.29 is 9.90 Å². The number of carboxylic acid groups (broad SMARTS) is 1. The fourth-order valence-corrected chi connectivity index (χ4v) is 2.32. The molecule has 1 aliphatic carbocycles. The molecule has 0 aromatic heterocycles. The molecule has 2 fully saturated rings. The number of nitrogens with one attached hydrogen (secondary N) is 2. The van der Waals surface area contributed by atoms with E-state index in [9.17, 15) is 4.79 Å². The normalized spacial score (nSPS) is 37.5. The second-order valence-corrected chi connectivity index (χ2v) is 3.67. The monoisotopic (exact) mass is 170 g/mol. The van der Waals surface area contributed by atoms with Gasteiger partial charge in [-0.1, -0.05) is 0 Å². The Balaban J connectivity index is 1.61. The van der Waals surface area contributed by atoms with Gasteiger partial charge >= 0.3 is 6.09 Å². The van der Waals surface area contributed by atoms with Crippen molar-refractivity contribution in [1.82, 2.24) is 10.6 Å². The molecule has 3 N–H and O–H groups in total. The van der Waals surface area contributed by atoms with Gasteiger partial charge in [-0.15, -0.1) is 0 Å². The summed E-state index contributed by atoms with van der Waals surface area (Å²) in [4.78, 5) is 10.1. The lowest BCUT2D eigenvalue weighted by Crippen LogP contribution is -2.23. The zero-order valence-electron chi connectivity index (χ0n) is 6.92. The van der Waals surface area contributed by atoms with Crippen molar-refractivity contribution in [3.8, 4) is 0 Å². The fraction of sp³-hybridized carbons (Fsp3) is 0.875. The van der Waals surface area contributed by atoms with Gasteiger partial charge in [-0.3, -0.25) is 0 Å². The number of hydrogen-bond donors (Lipinski definition) is 3. The minimum absolute atomic E-state index is 0.618. The molecule has 4 heteroatoms. The van der Waals surface area contributed by atoms with Gasteiger partial charge in [0.2, 0.25) is 0 Å². The van der Waals surface area contributed by atoms with Crippen LogP contribution in [-0.2, 0) is 0 Å². The highest BCUT2D eigenvalue weighted by molar-refractivity contribution is 5.64. The highest BCUT2D eigenvalue weighted by Crippen LogP contribution is 2.50. The molecule has 2 aliphatic rings. The average Bonchev–Trinajstić information content (AvgIpc) is 2.49. The van der Waals surface area contributed by atoms with E-state index in [0.29, 0.717) is 6.54 Å². The summed E-state index contributed by atoms with van der Waals surface area (Å²) in [6.45, 7) is 2.90. The summed E-state index contributed by atoms with van der Waals surface area (Å²) >= 11 is 0. The van der Waals surface area contributed by atoms with Crippen molar-refractivity contribution in [2.45, 2.75) is 6.42 Å². The standard InChI is InChI=1S/C8H14N2O2/c11-8(12)10-2-1-5-6-3-9-4-7(5)6/h5-7,9-10H,1-4H2,(H,11,12). The second-order valence-electron chi connectivity index (χ2n) is 3.67. The van der Waals surface area contributed by atoms with Crippen molar-refractivity contribution in [2.75, 3.05) is 19.6 Å². The van der Waals surface area contributed by atoms with Gasteiger partial charge in [-0.05, 0) is 37.3 Å². The van der Waals surface area contributed by atoms with Gasteiger partial charge in [0.25, 0.3) is 0 Å². The number of fused-ring (bicyclic) bond motifs is 1. The van der Waals surface area contributed by atoms with Gasteiger partial charge in [0.05, 0.1) is 0 Å². The Kier molecular flexibility index (Phi) is 1.92. The number of piperidine rings is 1. The van der Waals surface area contributed by atoms with Crippen molar-refractivity contribution >= 4 is 6.09 Å². The van der Waals surface area contributed by atoms with Crippen LogP contribution in [-0.4, -0.2) is 30.8 Å². The van der Waals surface area contributed by atoms with E-state index in [-0.39, 0.29) is 0 Å².